The Morgan fingerprint density at radius 2 is 2.00 bits per heavy atom. The Hall–Kier alpha value is -1.84. The largest absolute Gasteiger partial charge is 0.494 e. The van der Waals surface area contributed by atoms with Gasteiger partial charge >= 0.3 is 0 Å². The first-order valence-corrected chi connectivity index (χ1v) is 10.1. The molecule has 0 saturated carbocycles. The van der Waals surface area contributed by atoms with Gasteiger partial charge in [-0.1, -0.05) is 0 Å². The molecule has 0 spiro atoms. The molecule has 0 aliphatic carbocycles. The summed E-state index contributed by atoms with van der Waals surface area (Å²) in [5.41, 5.74) is 9.51. The average Bonchev–Trinajstić information content (AvgIpc) is 3.39. The summed E-state index contributed by atoms with van der Waals surface area (Å²) in [6.45, 7) is 2.15. The topological polar surface area (TPSA) is 80.4 Å². The SMILES string of the molecule is COc1ccc(-c2nccs2)nc1-c1cc(N(C)C2CCN(C)C2)cnc1N.Cl.Cl.Cl. The molecule has 1 fully saturated rings. The number of nitrogens with zero attached hydrogens (tertiary/aromatic N) is 5. The molecule has 1 atom stereocenters. The molecule has 4 rings (SSSR count). The molecular weight excluding hydrogens is 479 g/mol. The number of methoxy groups -OCH3 is 1. The highest BCUT2D eigenvalue weighted by molar-refractivity contribution is 7.13. The number of halogens is 3. The molecule has 1 unspecified atom stereocenters. The number of thiazole rings is 1. The third-order valence-corrected chi connectivity index (χ3v) is 6.01. The summed E-state index contributed by atoms with van der Waals surface area (Å²) >= 11 is 1.55. The van der Waals surface area contributed by atoms with Crippen LogP contribution in [-0.2, 0) is 0 Å². The van der Waals surface area contributed by atoms with Gasteiger partial charge in [0.1, 0.15) is 22.3 Å². The van der Waals surface area contributed by atoms with Crippen molar-refractivity contribution in [1.82, 2.24) is 19.9 Å². The quantitative estimate of drug-likeness (QED) is 0.555. The summed E-state index contributed by atoms with van der Waals surface area (Å²) < 4.78 is 5.56. The maximum Gasteiger partial charge on any atom is 0.145 e. The number of likely N-dealkylation sites (tertiary alicyclic amines) is 1. The van der Waals surface area contributed by atoms with Gasteiger partial charge in [-0.2, -0.15) is 0 Å². The molecule has 3 aromatic heterocycles. The van der Waals surface area contributed by atoms with Crippen molar-refractivity contribution < 1.29 is 4.74 Å². The number of likely N-dealkylation sites (N-methyl/N-ethyl adjacent to an activating group) is 2. The van der Waals surface area contributed by atoms with Gasteiger partial charge in [0.05, 0.1) is 24.7 Å². The van der Waals surface area contributed by atoms with Crippen molar-refractivity contribution in [2.75, 3.05) is 44.9 Å². The summed E-state index contributed by atoms with van der Waals surface area (Å²) in [5, 5.41) is 2.79. The van der Waals surface area contributed by atoms with Gasteiger partial charge in [0.25, 0.3) is 0 Å². The maximum atomic E-state index is 6.24. The molecule has 170 valence electrons. The zero-order valence-electron chi connectivity index (χ0n) is 17.5. The van der Waals surface area contributed by atoms with E-state index in [-0.39, 0.29) is 37.2 Å². The minimum atomic E-state index is 0. The monoisotopic (exact) mass is 504 g/mol. The predicted octanol–water partition coefficient (Wildman–Crippen LogP) is 4.26. The predicted molar refractivity (Wildman–Crippen MR) is 136 cm³/mol. The standard InChI is InChI=1S/C20H24N6OS.3ClH/c1-25-8-6-13(12-25)26(2)14-10-15(19(21)23-11-14)18-17(27-3)5-4-16(24-18)20-22-7-9-28-20;;;/h4-5,7,9-11,13H,6,8,12H2,1-3H3,(H2,21,23);3*1H. The van der Waals surface area contributed by atoms with Gasteiger partial charge < -0.3 is 20.3 Å². The van der Waals surface area contributed by atoms with Gasteiger partial charge in [0.2, 0.25) is 0 Å². The lowest BCUT2D eigenvalue weighted by Gasteiger charge is -2.27. The highest BCUT2D eigenvalue weighted by Gasteiger charge is 2.24. The minimum absolute atomic E-state index is 0. The number of ether oxygens (including phenoxy) is 1. The first-order chi connectivity index (χ1) is 13.6. The molecule has 7 nitrogen and oxygen atoms in total. The van der Waals surface area contributed by atoms with Crippen LogP contribution in [0.4, 0.5) is 11.5 Å². The number of rotatable bonds is 5. The van der Waals surface area contributed by atoms with Crippen LogP contribution in [-0.4, -0.2) is 60.2 Å². The summed E-state index contributed by atoms with van der Waals surface area (Å²) in [6, 6.07) is 6.33. The molecule has 1 aliphatic heterocycles. The summed E-state index contributed by atoms with van der Waals surface area (Å²) in [7, 11) is 5.90. The number of anilines is 2. The Bertz CT molecular complexity index is 976. The molecule has 4 heterocycles. The van der Waals surface area contributed by atoms with E-state index < -0.39 is 0 Å². The highest BCUT2D eigenvalue weighted by atomic mass is 35.5. The molecule has 0 amide bonds. The van der Waals surface area contributed by atoms with E-state index >= 15 is 0 Å². The van der Waals surface area contributed by atoms with E-state index in [4.69, 9.17) is 15.5 Å². The molecule has 11 heteroatoms. The van der Waals surface area contributed by atoms with Crippen LogP contribution < -0.4 is 15.4 Å². The van der Waals surface area contributed by atoms with E-state index in [1.165, 1.54) is 0 Å². The molecule has 0 aromatic carbocycles. The lowest BCUT2D eigenvalue weighted by Crippen LogP contribution is -2.33. The normalized spacial score (nSPS) is 15.4. The van der Waals surface area contributed by atoms with Gasteiger partial charge in [-0.25, -0.2) is 15.0 Å². The zero-order valence-corrected chi connectivity index (χ0v) is 20.8. The van der Waals surface area contributed by atoms with E-state index in [0.717, 1.165) is 41.5 Å². The third-order valence-electron chi connectivity index (χ3n) is 5.21. The van der Waals surface area contributed by atoms with Gasteiger partial charge in [-0.05, 0) is 38.2 Å². The smallest absolute Gasteiger partial charge is 0.145 e. The first kappa shape index (κ1) is 27.2. The molecule has 1 saturated heterocycles. The van der Waals surface area contributed by atoms with Crippen molar-refractivity contribution in [3.8, 4) is 27.7 Å². The van der Waals surface area contributed by atoms with Crippen LogP contribution in [0.1, 0.15) is 6.42 Å². The Morgan fingerprint density at radius 3 is 2.61 bits per heavy atom. The van der Waals surface area contributed by atoms with Crippen LogP contribution >= 0.6 is 48.6 Å². The number of nitrogens with two attached hydrogens (primary N) is 1. The Kier molecular flexibility index (Phi) is 10.3. The van der Waals surface area contributed by atoms with Gasteiger partial charge in [-0.15, -0.1) is 48.6 Å². The molecule has 31 heavy (non-hydrogen) atoms. The van der Waals surface area contributed by atoms with E-state index in [1.807, 2.05) is 23.7 Å². The maximum absolute atomic E-state index is 6.24. The second kappa shape index (κ2) is 11.7. The summed E-state index contributed by atoms with van der Waals surface area (Å²) in [5.74, 6) is 1.09. The fraction of sp³-hybridized carbons (Fsp3) is 0.350. The van der Waals surface area contributed by atoms with Crippen LogP contribution in [0.5, 0.6) is 5.75 Å². The zero-order chi connectivity index (χ0) is 19.7. The number of hydrogen-bond donors (Lipinski definition) is 1. The highest BCUT2D eigenvalue weighted by Crippen LogP contribution is 2.36. The van der Waals surface area contributed by atoms with Crippen LogP contribution in [0.2, 0.25) is 0 Å². The Labute approximate surface area is 205 Å². The number of nitrogen functional groups attached to an aromatic ring is 1. The van der Waals surface area contributed by atoms with E-state index in [0.29, 0.717) is 23.3 Å². The van der Waals surface area contributed by atoms with Crippen LogP contribution in [0, 0.1) is 0 Å². The summed E-state index contributed by atoms with van der Waals surface area (Å²) in [6.07, 6.45) is 4.73. The van der Waals surface area contributed by atoms with Gasteiger partial charge in [0, 0.05) is 36.8 Å². The average molecular weight is 506 g/mol. The Morgan fingerprint density at radius 1 is 1.23 bits per heavy atom. The third kappa shape index (κ3) is 5.70. The fourth-order valence-electron chi connectivity index (χ4n) is 3.56. The summed E-state index contributed by atoms with van der Waals surface area (Å²) in [4.78, 5) is 18.2. The lowest BCUT2D eigenvalue weighted by molar-refractivity contribution is 0.409. The molecule has 3 aromatic rings. The first-order valence-electron chi connectivity index (χ1n) is 9.19. The number of aromatic nitrogens is 3. The Balaban J connectivity index is 0.00000160. The molecule has 0 bridgehead atoms. The molecule has 2 N–H and O–H groups in total. The van der Waals surface area contributed by atoms with Crippen molar-refractivity contribution in [3.63, 3.8) is 0 Å². The molecular formula is C20H27Cl3N6OS. The van der Waals surface area contributed by atoms with Crippen molar-refractivity contribution in [2.45, 2.75) is 12.5 Å². The second-order valence-electron chi connectivity index (χ2n) is 7.03. The van der Waals surface area contributed by atoms with Crippen molar-refractivity contribution in [1.29, 1.82) is 0 Å². The van der Waals surface area contributed by atoms with Crippen LogP contribution in [0.25, 0.3) is 22.0 Å². The van der Waals surface area contributed by atoms with Gasteiger partial charge in [0.15, 0.2) is 0 Å². The van der Waals surface area contributed by atoms with E-state index in [1.54, 1.807) is 24.6 Å². The minimum Gasteiger partial charge on any atom is -0.494 e. The fourth-order valence-corrected chi connectivity index (χ4v) is 4.17. The van der Waals surface area contributed by atoms with Crippen molar-refractivity contribution in [3.05, 3.63) is 36.0 Å². The van der Waals surface area contributed by atoms with Gasteiger partial charge in [-0.3, -0.25) is 0 Å². The van der Waals surface area contributed by atoms with Crippen molar-refractivity contribution >= 4 is 60.1 Å². The van der Waals surface area contributed by atoms with E-state index in [9.17, 15) is 0 Å². The van der Waals surface area contributed by atoms with Crippen LogP contribution in [0.3, 0.4) is 0 Å². The van der Waals surface area contributed by atoms with Crippen LogP contribution in [0.15, 0.2) is 36.0 Å². The van der Waals surface area contributed by atoms with Crippen molar-refractivity contribution in [2.24, 2.45) is 0 Å². The second-order valence-corrected chi connectivity index (χ2v) is 7.92. The number of pyridine rings is 2. The van der Waals surface area contributed by atoms with E-state index in [2.05, 4.69) is 39.9 Å². The number of hydrogen-bond acceptors (Lipinski definition) is 8. The molecule has 1 aliphatic rings. The molecule has 0 radical (unpaired) electrons. The lowest BCUT2D eigenvalue weighted by atomic mass is 10.1.